The lowest BCUT2D eigenvalue weighted by Crippen LogP contribution is -2.16. The predicted octanol–water partition coefficient (Wildman–Crippen LogP) is 3.29. The summed E-state index contributed by atoms with van der Waals surface area (Å²) >= 11 is 1.21. The highest BCUT2D eigenvalue weighted by atomic mass is 32.1. The smallest absolute Gasteiger partial charge is 0.281 e. The maximum absolute atomic E-state index is 12.2. The van der Waals surface area contributed by atoms with Crippen LogP contribution in [0.15, 0.2) is 47.6 Å². The number of nitro benzene ring substituents is 1. The molecule has 2 aromatic carbocycles. The van der Waals surface area contributed by atoms with Gasteiger partial charge in [0.2, 0.25) is 0 Å². The molecular weight excluding hydrogens is 358 g/mol. The standard InChI is InChI=1S/C17H13N3O5S/c1-25-14-4-2-10(6-13(14)21)9-18-19-17(22)16-8-11-7-12(20(23)24)3-5-15(11)26-16/h2-9,21H,1H3,(H,19,22)/b18-9-. The van der Waals surface area contributed by atoms with E-state index in [-0.39, 0.29) is 11.4 Å². The minimum Gasteiger partial charge on any atom is -0.504 e. The van der Waals surface area contributed by atoms with E-state index in [1.54, 1.807) is 24.3 Å². The molecule has 0 unspecified atom stereocenters. The van der Waals surface area contributed by atoms with Crippen LogP contribution in [0.2, 0.25) is 0 Å². The average Bonchev–Trinajstić information content (AvgIpc) is 3.05. The second-order valence-corrected chi connectivity index (χ2v) is 6.30. The Kier molecular flexibility index (Phi) is 4.81. The molecule has 0 radical (unpaired) electrons. The van der Waals surface area contributed by atoms with Crippen LogP contribution in [0.5, 0.6) is 11.5 Å². The quantitative estimate of drug-likeness (QED) is 0.406. The molecule has 0 atom stereocenters. The van der Waals surface area contributed by atoms with Crippen LogP contribution in [0.3, 0.4) is 0 Å². The number of nitro groups is 1. The number of aromatic hydroxyl groups is 1. The number of hydrogen-bond donors (Lipinski definition) is 2. The zero-order chi connectivity index (χ0) is 18.7. The molecular formula is C17H13N3O5S. The van der Waals surface area contributed by atoms with Crippen molar-refractivity contribution in [1.82, 2.24) is 5.43 Å². The topological polar surface area (TPSA) is 114 Å². The number of thiophene rings is 1. The molecule has 3 rings (SSSR count). The van der Waals surface area contributed by atoms with E-state index in [4.69, 9.17) is 4.74 Å². The molecule has 0 aliphatic carbocycles. The number of hydrazone groups is 1. The Morgan fingerprint density at radius 3 is 2.81 bits per heavy atom. The predicted molar refractivity (Wildman–Crippen MR) is 98.2 cm³/mol. The lowest BCUT2D eigenvalue weighted by atomic mass is 10.2. The third-order valence-electron chi connectivity index (χ3n) is 3.52. The van der Waals surface area contributed by atoms with Crippen molar-refractivity contribution in [2.75, 3.05) is 7.11 Å². The van der Waals surface area contributed by atoms with Crippen molar-refractivity contribution in [3.63, 3.8) is 0 Å². The third-order valence-corrected chi connectivity index (χ3v) is 4.63. The summed E-state index contributed by atoms with van der Waals surface area (Å²) in [5.41, 5.74) is 2.94. The number of nitrogens with one attached hydrogen (secondary N) is 1. The molecule has 0 aliphatic heterocycles. The van der Waals surface area contributed by atoms with Crippen molar-refractivity contribution in [3.05, 3.63) is 63.0 Å². The minimum atomic E-state index is -0.481. The van der Waals surface area contributed by atoms with Crippen LogP contribution in [-0.4, -0.2) is 29.3 Å². The number of methoxy groups -OCH3 is 1. The van der Waals surface area contributed by atoms with Crippen LogP contribution in [0, 0.1) is 10.1 Å². The van der Waals surface area contributed by atoms with E-state index in [1.807, 2.05) is 0 Å². The zero-order valence-corrected chi connectivity index (χ0v) is 14.3. The van der Waals surface area contributed by atoms with E-state index in [9.17, 15) is 20.0 Å². The number of fused-ring (bicyclic) bond motifs is 1. The summed E-state index contributed by atoms with van der Waals surface area (Å²) < 4.78 is 5.72. The molecule has 1 amide bonds. The lowest BCUT2D eigenvalue weighted by Gasteiger charge is -2.03. The van der Waals surface area contributed by atoms with Crippen molar-refractivity contribution >= 4 is 39.2 Å². The largest absolute Gasteiger partial charge is 0.504 e. The van der Waals surface area contributed by atoms with Gasteiger partial charge < -0.3 is 9.84 Å². The number of rotatable bonds is 5. The molecule has 3 aromatic rings. The Morgan fingerprint density at radius 1 is 1.31 bits per heavy atom. The summed E-state index contributed by atoms with van der Waals surface area (Å²) in [6.45, 7) is 0. The molecule has 0 saturated carbocycles. The number of amides is 1. The Morgan fingerprint density at radius 2 is 2.12 bits per heavy atom. The van der Waals surface area contributed by atoms with Crippen LogP contribution in [0.25, 0.3) is 10.1 Å². The highest BCUT2D eigenvalue weighted by Crippen LogP contribution is 2.29. The van der Waals surface area contributed by atoms with Gasteiger partial charge in [0.25, 0.3) is 11.6 Å². The fourth-order valence-electron chi connectivity index (χ4n) is 2.26. The molecule has 26 heavy (non-hydrogen) atoms. The second kappa shape index (κ2) is 7.19. The molecule has 0 spiro atoms. The van der Waals surface area contributed by atoms with Gasteiger partial charge in [-0.15, -0.1) is 11.3 Å². The Labute approximate surface area is 151 Å². The normalized spacial score (nSPS) is 11.0. The van der Waals surface area contributed by atoms with Gasteiger partial charge in [-0.2, -0.15) is 5.10 Å². The Balaban J connectivity index is 1.72. The van der Waals surface area contributed by atoms with Crippen LogP contribution < -0.4 is 10.2 Å². The van der Waals surface area contributed by atoms with Gasteiger partial charge >= 0.3 is 0 Å². The van der Waals surface area contributed by atoms with Crippen molar-refractivity contribution in [3.8, 4) is 11.5 Å². The van der Waals surface area contributed by atoms with Crippen LogP contribution in [0.1, 0.15) is 15.2 Å². The molecule has 0 bridgehead atoms. The molecule has 1 aromatic heterocycles. The monoisotopic (exact) mass is 371 g/mol. The minimum absolute atomic E-state index is 0.0282. The number of phenols is 1. The Bertz CT molecular complexity index is 1030. The van der Waals surface area contributed by atoms with Crippen LogP contribution >= 0.6 is 11.3 Å². The number of nitrogens with zero attached hydrogens (tertiary/aromatic N) is 2. The number of carbonyl (C=O) groups is 1. The highest BCUT2D eigenvalue weighted by molar-refractivity contribution is 7.20. The van der Waals surface area contributed by atoms with Crippen molar-refractivity contribution in [2.24, 2.45) is 5.10 Å². The SMILES string of the molecule is COc1ccc(/C=N\NC(=O)c2cc3cc([N+](=O)[O-])ccc3s2)cc1O. The van der Waals surface area contributed by atoms with Gasteiger partial charge in [0.15, 0.2) is 11.5 Å². The summed E-state index contributed by atoms with van der Waals surface area (Å²) in [6.07, 6.45) is 1.38. The molecule has 0 aliphatic rings. The molecule has 8 nitrogen and oxygen atoms in total. The van der Waals surface area contributed by atoms with E-state index < -0.39 is 10.8 Å². The summed E-state index contributed by atoms with van der Waals surface area (Å²) in [6, 6.07) is 10.7. The first-order valence-electron chi connectivity index (χ1n) is 7.36. The number of non-ortho nitro benzene ring substituents is 1. The van der Waals surface area contributed by atoms with E-state index in [0.717, 1.165) is 4.70 Å². The maximum atomic E-state index is 12.2. The van der Waals surface area contributed by atoms with Crippen LogP contribution in [-0.2, 0) is 0 Å². The van der Waals surface area contributed by atoms with Gasteiger partial charge in [-0.1, -0.05) is 0 Å². The Hall–Kier alpha value is -3.46. The van der Waals surface area contributed by atoms with Gasteiger partial charge in [-0.05, 0) is 35.9 Å². The van der Waals surface area contributed by atoms with Gasteiger partial charge in [-0.3, -0.25) is 14.9 Å². The fraction of sp³-hybridized carbons (Fsp3) is 0.0588. The summed E-state index contributed by atoms with van der Waals surface area (Å²) in [7, 11) is 1.45. The summed E-state index contributed by atoms with van der Waals surface area (Å²) in [4.78, 5) is 22.9. The van der Waals surface area contributed by atoms with E-state index in [2.05, 4.69) is 10.5 Å². The third kappa shape index (κ3) is 3.62. The molecule has 2 N–H and O–H groups in total. The van der Waals surface area contributed by atoms with Gasteiger partial charge in [0.1, 0.15) is 0 Å². The van der Waals surface area contributed by atoms with E-state index >= 15 is 0 Å². The van der Waals surface area contributed by atoms with E-state index in [0.29, 0.717) is 21.6 Å². The zero-order valence-electron chi connectivity index (χ0n) is 13.5. The molecule has 132 valence electrons. The van der Waals surface area contributed by atoms with Crippen molar-refractivity contribution in [1.29, 1.82) is 0 Å². The molecule has 9 heteroatoms. The van der Waals surface area contributed by atoms with Crippen molar-refractivity contribution in [2.45, 2.75) is 0 Å². The first kappa shape index (κ1) is 17.4. The molecule has 0 fully saturated rings. The highest BCUT2D eigenvalue weighted by Gasteiger charge is 2.13. The second-order valence-electron chi connectivity index (χ2n) is 5.22. The first-order chi connectivity index (χ1) is 12.5. The van der Waals surface area contributed by atoms with Crippen LogP contribution in [0.4, 0.5) is 5.69 Å². The van der Waals surface area contributed by atoms with Gasteiger partial charge in [-0.25, -0.2) is 5.43 Å². The number of carbonyl (C=O) groups excluding carboxylic acids is 1. The molecule has 0 saturated heterocycles. The van der Waals surface area contributed by atoms with E-state index in [1.165, 1.54) is 42.9 Å². The average molecular weight is 371 g/mol. The first-order valence-corrected chi connectivity index (χ1v) is 8.18. The number of hydrogen-bond acceptors (Lipinski definition) is 7. The number of ether oxygens (including phenoxy) is 1. The molecule has 1 heterocycles. The van der Waals surface area contributed by atoms with Gasteiger partial charge in [0, 0.05) is 22.2 Å². The summed E-state index contributed by atoms with van der Waals surface area (Å²) in [5.74, 6) is -0.123. The summed E-state index contributed by atoms with van der Waals surface area (Å²) in [5, 5.41) is 25.0. The van der Waals surface area contributed by atoms with Crippen molar-refractivity contribution < 1.29 is 19.6 Å². The fourth-order valence-corrected chi connectivity index (χ4v) is 3.20. The van der Waals surface area contributed by atoms with Gasteiger partial charge in [0.05, 0.1) is 23.1 Å². The lowest BCUT2D eigenvalue weighted by molar-refractivity contribution is -0.384. The number of phenolic OH excluding ortho intramolecular Hbond substituents is 1. The maximum Gasteiger partial charge on any atom is 0.281 e. The number of benzene rings is 2.